The minimum Gasteiger partial charge on any atom is -0.393 e. The number of hydrogen-bond acceptors (Lipinski definition) is 1. The lowest BCUT2D eigenvalue weighted by molar-refractivity contribution is 0.123. The molecule has 0 heterocycles. The Balaban J connectivity index is 2.44. The van der Waals surface area contributed by atoms with E-state index in [1.165, 1.54) is 19.3 Å². The standard InChI is InChI=1S/C9H16O/c1-8-6-4-2-3-5-7-9(8)10/h4,6,8-10H,2-3,5,7H2,1H3/b6-4-. The van der Waals surface area contributed by atoms with Crippen molar-refractivity contribution in [2.75, 3.05) is 0 Å². The van der Waals surface area contributed by atoms with Crippen LogP contribution in [-0.2, 0) is 0 Å². The van der Waals surface area contributed by atoms with Crippen LogP contribution in [0.4, 0.5) is 0 Å². The van der Waals surface area contributed by atoms with Crippen LogP contribution in [0, 0.1) is 5.92 Å². The average molecular weight is 140 g/mol. The van der Waals surface area contributed by atoms with E-state index in [9.17, 15) is 5.11 Å². The molecule has 0 spiro atoms. The predicted molar refractivity (Wildman–Crippen MR) is 42.8 cm³/mol. The zero-order valence-electron chi connectivity index (χ0n) is 6.59. The number of hydrogen-bond donors (Lipinski definition) is 1. The summed E-state index contributed by atoms with van der Waals surface area (Å²) in [6.07, 6.45) is 8.80. The van der Waals surface area contributed by atoms with E-state index >= 15 is 0 Å². The van der Waals surface area contributed by atoms with E-state index < -0.39 is 0 Å². The molecule has 0 aliphatic heterocycles. The molecule has 1 aliphatic carbocycles. The van der Waals surface area contributed by atoms with Crippen molar-refractivity contribution in [3.8, 4) is 0 Å². The second-order valence-corrected chi connectivity index (χ2v) is 3.14. The molecule has 2 unspecified atom stereocenters. The molecular weight excluding hydrogens is 124 g/mol. The van der Waals surface area contributed by atoms with E-state index in [1.807, 2.05) is 0 Å². The van der Waals surface area contributed by atoms with E-state index in [1.54, 1.807) is 0 Å². The highest BCUT2D eigenvalue weighted by molar-refractivity contribution is 4.91. The highest BCUT2D eigenvalue weighted by Crippen LogP contribution is 2.16. The lowest BCUT2D eigenvalue weighted by atomic mass is 9.95. The molecule has 10 heavy (non-hydrogen) atoms. The molecule has 0 aromatic carbocycles. The number of allylic oxidation sites excluding steroid dienone is 1. The summed E-state index contributed by atoms with van der Waals surface area (Å²) < 4.78 is 0. The molecule has 2 atom stereocenters. The molecule has 1 nitrogen and oxygen atoms in total. The highest BCUT2D eigenvalue weighted by atomic mass is 16.3. The van der Waals surface area contributed by atoms with Crippen LogP contribution in [0.5, 0.6) is 0 Å². The first-order valence-corrected chi connectivity index (χ1v) is 4.15. The highest BCUT2D eigenvalue weighted by Gasteiger charge is 2.11. The van der Waals surface area contributed by atoms with Gasteiger partial charge in [0.2, 0.25) is 0 Å². The molecule has 0 bridgehead atoms. The lowest BCUT2D eigenvalue weighted by Gasteiger charge is -2.16. The maximum atomic E-state index is 9.43. The fourth-order valence-corrected chi connectivity index (χ4v) is 1.32. The van der Waals surface area contributed by atoms with Crippen molar-refractivity contribution >= 4 is 0 Å². The smallest absolute Gasteiger partial charge is 0.0600 e. The molecule has 58 valence electrons. The fraction of sp³-hybridized carbons (Fsp3) is 0.778. The first-order chi connectivity index (χ1) is 4.80. The van der Waals surface area contributed by atoms with Crippen LogP contribution in [0.25, 0.3) is 0 Å². The molecule has 0 fully saturated rings. The molecule has 0 radical (unpaired) electrons. The van der Waals surface area contributed by atoms with Gasteiger partial charge in [-0.1, -0.05) is 25.5 Å². The van der Waals surface area contributed by atoms with Crippen molar-refractivity contribution in [2.24, 2.45) is 5.92 Å². The Labute approximate surface area is 62.8 Å². The fourth-order valence-electron chi connectivity index (χ4n) is 1.32. The van der Waals surface area contributed by atoms with Crippen molar-refractivity contribution in [3.63, 3.8) is 0 Å². The summed E-state index contributed by atoms with van der Waals surface area (Å²) in [5.41, 5.74) is 0. The summed E-state index contributed by atoms with van der Waals surface area (Å²) >= 11 is 0. The molecular formula is C9H16O. The molecule has 0 saturated heterocycles. The Bertz CT molecular complexity index is 118. The third-order valence-corrected chi connectivity index (χ3v) is 2.17. The van der Waals surface area contributed by atoms with Gasteiger partial charge in [-0.3, -0.25) is 0 Å². The molecule has 0 saturated carbocycles. The van der Waals surface area contributed by atoms with Crippen LogP contribution in [0.1, 0.15) is 32.6 Å². The van der Waals surface area contributed by atoms with Gasteiger partial charge in [0.05, 0.1) is 6.10 Å². The van der Waals surface area contributed by atoms with Crippen molar-refractivity contribution in [1.82, 2.24) is 0 Å². The quantitative estimate of drug-likeness (QED) is 0.511. The van der Waals surface area contributed by atoms with Gasteiger partial charge < -0.3 is 5.11 Å². The molecule has 1 heteroatoms. The van der Waals surface area contributed by atoms with E-state index in [0.717, 1.165) is 6.42 Å². The number of aliphatic hydroxyl groups excluding tert-OH is 1. The molecule has 1 N–H and O–H groups in total. The summed E-state index contributed by atoms with van der Waals surface area (Å²) in [5, 5.41) is 9.43. The van der Waals surface area contributed by atoms with E-state index in [-0.39, 0.29) is 6.10 Å². The third kappa shape index (κ3) is 2.14. The summed E-state index contributed by atoms with van der Waals surface area (Å²) in [6, 6.07) is 0. The zero-order chi connectivity index (χ0) is 7.40. The van der Waals surface area contributed by atoms with Crippen LogP contribution in [0.15, 0.2) is 12.2 Å². The van der Waals surface area contributed by atoms with Crippen LogP contribution in [-0.4, -0.2) is 11.2 Å². The number of rotatable bonds is 0. The van der Waals surface area contributed by atoms with Crippen molar-refractivity contribution in [1.29, 1.82) is 0 Å². The number of aliphatic hydroxyl groups is 1. The van der Waals surface area contributed by atoms with Gasteiger partial charge in [0, 0.05) is 0 Å². The summed E-state index contributed by atoms with van der Waals surface area (Å²) in [4.78, 5) is 0. The van der Waals surface area contributed by atoms with Crippen molar-refractivity contribution in [3.05, 3.63) is 12.2 Å². The van der Waals surface area contributed by atoms with Gasteiger partial charge >= 0.3 is 0 Å². The first-order valence-electron chi connectivity index (χ1n) is 4.15. The van der Waals surface area contributed by atoms with Crippen LogP contribution in [0.2, 0.25) is 0 Å². The maximum absolute atomic E-state index is 9.43. The molecule has 0 aromatic heterocycles. The topological polar surface area (TPSA) is 20.2 Å². The van der Waals surface area contributed by atoms with Crippen LogP contribution >= 0.6 is 0 Å². The normalized spacial score (nSPS) is 38.2. The largest absolute Gasteiger partial charge is 0.393 e. The van der Waals surface area contributed by atoms with Gasteiger partial charge in [-0.05, 0) is 25.2 Å². The minimum atomic E-state index is -0.100. The van der Waals surface area contributed by atoms with E-state index in [4.69, 9.17) is 0 Å². The monoisotopic (exact) mass is 140 g/mol. The molecule has 1 aliphatic rings. The Kier molecular flexibility index (Phi) is 2.94. The summed E-state index contributed by atoms with van der Waals surface area (Å²) in [7, 11) is 0. The van der Waals surface area contributed by atoms with E-state index in [0.29, 0.717) is 5.92 Å². The van der Waals surface area contributed by atoms with Gasteiger partial charge in [0.1, 0.15) is 0 Å². The van der Waals surface area contributed by atoms with Gasteiger partial charge in [0.25, 0.3) is 0 Å². The maximum Gasteiger partial charge on any atom is 0.0600 e. The average Bonchev–Trinajstić information content (AvgIpc) is 1.92. The van der Waals surface area contributed by atoms with Gasteiger partial charge in [0.15, 0.2) is 0 Å². The van der Waals surface area contributed by atoms with Gasteiger partial charge in [-0.2, -0.15) is 0 Å². The second-order valence-electron chi connectivity index (χ2n) is 3.14. The molecule has 0 aromatic rings. The SMILES string of the molecule is CC1/C=C\CCCCC1O. The molecule has 1 rings (SSSR count). The Morgan fingerprint density at radius 3 is 3.00 bits per heavy atom. The zero-order valence-corrected chi connectivity index (χ0v) is 6.59. The minimum absolute atomic E-state index is 0.100. The summed E-state index contributed by atoms with van der Waals surface area (Å²) in [5.74, 6) is 0.361. The van der Waals surface area contributed by atoms with Crippen molar-refractivity contribution < 1.29 is 5.11 Å². The third-order valence-electron chi connectivity index (χ3n) is 2.17. The first kappa shape index (κ1) is 7.80. The summed E-state index contributed by atoms with van der Waals surface area (Å²) in [6.45, 7) is 2.08. The lowest BCUT2D eigenvalue weighted by Crippen LogP contribution is -2.16. The Morgan fingerprint density at radius 2 is 2.20 bits per heavy atom. The Morgan fingerprint density at radius 1 is 1.40 bits per heavy atom. The van der Waals surface area contributed by atoms with Gasteiger partial charge in [-0.15, -0.1) is 0 Å². The van der Waals surface area contributed by atoms with Crippen LogP contribution < -0.4 is 0 Å². The second kappa shape index (κ2) is 3.77. The van der Waals surface area contributed by atoms with Crippen LogP contribution in [0.3, 0.4) is 0 Å². The van der Waals surface area contributed by atoms with Crippen molar-refractivity contribution in [2.45, 2.75) is 38.7 Å². The Hall–Kier alpha value is -0.300. The van der Waals surface area contributed by atoms with Gasteiger partial charge in [-0.25, -0.2) is 0 Å². The molecule has 0 amide bonds. The van der Waals surface area contributed by atoms with E-state index in [2.05, 4.69) is 19.1 Å². The predicted octanol–water partition coefficient (Wildman–Crippen LogP) is 2.11.